The Labute approximate surface area is 139 Å². The molecular formula is C18H20F3N3. The van der Waals surface area contributed by atoms with E-state index in [0.717, 1.165) is 37.7 Å². The maximum atomic E-state index is 13.4. The Kier molecular flexibility index (Phi) is 5.04. The number of halogens is 3. The van der Waals surface area contributed by atoms with E-state index in [2.05, 4.69) is 15.2 Å². The number of rotatable bonds is 5. The molecule has 2 heterocycles. The second-order valence-corrected chi connectivity index (χ2v) is 6.27. The van der Waals surface area contributed by atoms with Crippen molar-refractivity contribution >= 4 is 5.69 Å². The van der Waals surface area contributed by atoms with Crippen LogP contribution in [0, 0.1) is 23.4 Å². The van der Waals surface area contributed by atoms with E-state index in [4.69, 9.17) is 0 Å². The summed E-state index contributed by atoms with van der Waals surface area (Å²) in [4.78, 5) is 5.92. The first-order chi connectivity index (χ1) is 11.5. The van der Waals surface area contributed by atoms with Gasteiger partial charge in [-0.15, -0.1) is 0 Å². The fraction of sp³-hybridized carbons (Fsp3) is 0.389. The van der Waals surface area contributed by atoms with E-state index >= 15 is 0 Å². The van der Waals surface area contributed by atoms with Crippen LogP contribution in [0.25, 0.3) is 0 Å². The van der Waals surface area contributed by atoms with Gasteiger partial charge >= 0.3 is 0 Å². The van der Waals surface area contributed by atoms with E-state index in [1.54, 1.807) is 12.3 Å². The predicted molar refractivity (Wildman–Crippen MR) is 87.3 cm³/mol. The van der Waals surface area contributed by atoms with Gasteiger partial charge in [-0.25, -0.2) is 13.2 Å². The number of nitrogens with zero attached hydrogens (tertiary/aromatic N) is 2. The molecule has 2 aromatic rings. The minimum atomic E-state index is -0.825. The van der Waals surface area contributed by atoms with Crippen molar-refractivity contribution in [1.82, 2.24) is 10.3 Å². The Bertz CT molecular complexity index is 708. The number of benzene rings is 1. The topological polar surface area (TPSA) is 28.2 Å². The van der Waals surface area contributed by atoms with Crippen molar-refractivity contribution in [2.24, 2.45) is 5.92 Å². The fourth-order valence-corrected chi connectivity index (χ4v) is 3.04. The highest BCUT2D eigenvalue weighted by Crippen LogP contribution is 2.25. The van der Waals surface area contributed by atoms with Gasteiger partial charge < -0.3 is 10.2 Å². The van der Waals surface area contributed by atoms with Gasteiger partial charge in [0.05, 0.1) is 6.20 Å². The van der Waals surface area contributed by atoms with Gasteiger partial charge in [-0.05, 0) is 43.0 Å². The van der Waals surface area contributed by atoms with Crippen LogP contribution in [0.1, 0.15) is 24.9 Å². The van der Waals surface area contributed by atoms with Crippen LogP contribution in [-0.2, 0) is 0 Å². The quantitative estimate of drug-likeness (QED) is 0.903. The summed E-state index contributed by atoms with van der Waals surface area (Å²) in [5.74, 6) is -1.58. The fourth-order valence-electron chi connectivity index (χ4n) is 3.04. The van der Waals surface area contributed by atoms with Crippen molar-refractivity contribution in [2.75, 3.05) is 24.5 Å². The molecule has 1 aliphatic heterocycles. The van der Waals surface area contributed by atoms with Crippen molar-refractivity contribution < 1.29 is 13.2 Å². The summed E-state index contributed by atoms with van der Waals surface area (Å²) in [6.45, 7) is 4.34. The van der Waals surface area contributed by atoms with Crippen molar-refractivity contribution in [3.8, 4) is 0 Å². The van der Waals surface area contributed by atoms with E-state index in [9.17, 15) is 13.2 Å². The first kappa shape index (κ1) is 16.8. The summed E-state index contributed by atoms with van der Waals surface area (Å²) < 4.78 is 39.6. The molecule has 0 amide bonds. The summed E-state index contributed by atoms with van der Waals surface area (Å²) in [7, 11) is 0. The van der Waals surface area contributed by atoms with Crippen LogP contribution in [-0.4, -0.2) is 24.6 Å². The average Bonchev–Trinajstić information content (AvgIpc) is 3.04. The van der Waals surface area contributed by atoms with Crippen LogP contribution in [0.15, 0.2) is 36.7 Å². The Morgan fingerprint density at radius 3 is 2.79 bits per heavy atom. The van der Waals surface area contributed by atoms with Gasteiger partial charge in [0.2, 0.25) is 0 Å². The molecule has 1 fully saturated rings. The summed E-state index contributed by atoms with van der Waals surface area (Å²) >= 11 is 0. The number of pyridine rings is 1. The van der Waals surface area contributed by atoms with Crippen molar-refractivity contribution in [1.29, 1.82) is 0 Å². The molecule has 1 aliphatic rings. The summed E-state index contributed by atoms with van der Waals surface area (Å²) in [5.41, 5.74) is 1.52. The minimum Gasteiger partial charge on any atom is -0.371 e. The lowest BCUT2D eigenvalue weighted by atomic mass is 10.1. The number of anilines is 1. The smallest absolute Gasteiger partial charge is 0.160 e. The molecule has 1 aromatic heterocycles. The Morgan fingerprint density at radius 1 is 1.21 bits per heavy atom. The SMILES string of the molecule is C[C@@H](NC[C@@H]1CCN(c2ccc(F)c(F)c2)C1)c1cncc(F)c1. The molecule has 3 rings (SSSR count). The highest BCUT2D eigenvalue weighted by molar-refractivity contribution is 5.47. The third-order valence-electron chi connectivity index (χ3n) is 4.49. The number of hydrogen-bond acceptors (Lipinski definition) is 3. The summed E-state index contributed by atoms with van der Waals surface area (Å²) in [6, 6.07) is 5.49. The molecule has 0 unspecified atom stereocenters. The molecule has 1 N–H and O–H groups in total. The molecule has 0 spiro atoms. The van der Waals surface area contributed by atoms with Crippen LogP contribution in [0.2, 0.25) is 0 Å². The second kappa shape index (κ2) is 7.21. The first-order valence-corrected chi connectivity index (χ1v) is 8.07. The number of hydrogen-bond donors (Lipinski definition) is 1. The molecule has 0 aliphatic carbocycles. The number of aromatic nitrogens is 1. The van der Waals surface area contributed by atoms with Gasteiger partial charge in [-0.1, -0.05) is 0 Å². The van der Waals surface area contributed by atoms with Gasteiger partial charge in [0.1, 0.15) is 5.82 Å². The second-order valence-electron chi connectivity index (χ2n) is 6.27. The van der Waals surface area contributed by atoms with Gasteiger partial charge in [-0.2, -0.15) is 0 Å². The largest absolute Gasteiger partial charge is 0.371 e. The van der Waals surface area contributed by atoms with Crippen LogP contribution >= 0.6 is 0 Å². The standard InChI is InChI=1S/C18H20F3N3/c1-12(14-6-15(19)10-22-9-14)23-8-13-4-5-24(11-13)16-2-3-17(20)18(21)7-16/h2-3,6-7,9-10,12-13,23H,4-5,8,11H2,1H3/t12-,13+/m1/s1. The Morgan fingerprint density at radius 2 is 2.04 bits per heavy atom. The van der Waals surface area contributed by atoms with Crippen LogP contribution < -0.4 is 10.2 Å². The van der Waals surface area contributed by atoms with Gasteiger partial charge in [0, 0.05) is 43.6 Å². The van der Waals surface area contributed by atoms with Crippen LogP contribution in [0.3, 0.4) is 0 Å². The molecule has 128 valence electrons. The van der Waals surface area contributed by atoms with Crippen LogP contribution in [0.5, 0.6) is 0 Å². The lowest BCUT2D eigenvalue weighted by molar-refractivity contribution is 0.470. The lowest BCUT2D eigenvalue weighted by Crippen LogP contribution is -2.28. The monoisotopic (exact) mass is 335 g/mol. The predicted octanol–water partition coefficient (Wildman–Crippen LogP) is 3.68. The number of nitrogens with one attached hydrogen (secondary N) is 1. The minimum absolute atomic E-state index is 0.00511. The van der Waals surface area contributed by atoms with Crippen molar-refractivity contribution in [3.05, 3.63) is 59.7 Å². The van der Waals surface area contributed by atoms with Crippen LogP contribution in [0.4, 0.5) is 18.9 Å². The highest BCUT2D eigenvalue weighted by Gasteiger charge is 2.23. The van der Waals surface area contributed by atoms with Crippen molar-refractivity contribution in [2.45, 2.75) is 19.4 Å². The molecular weight excluding hydrogens is 315 g/mol. The summed E-state index contributed by atoms with van der Waals surface area (Å²) in [5, 5.41) is 3.39. The normalized spacial score (nSPS) is 18.8. The van der Waals surface area contributed by atoms with Gasteiger partial charge in [0.15, 0.2) is 11.6 Å². The maximum Gasteiger partial charge on any atom is 0.160 e. The summed E-state index contributed by atoms with van der Waals surface area (Å²) in [6.07, 6.45) is 3.82. The van der Waals surface area contributed by atoms with Gasteiger partial charge in [-0.3, -0.25) is 4.98 Å². The zero-order valence-corrected chi connectivity index (χ0v) is 13.5. The van der Waals surface area contributed by atoms with E-state index in [1.165, 1.54) is 18.3 Å². The Hall–Kier alpha value is -2.08. The maximum absolute atomic E-state index is 13.4. The molecule has 1 saturated heterocycles. The van der Waals surface area contributed by atoms with Crippen molar-refractivity contribution in [3.63, 3.8) is 0 Å². The van der Waals surface area contributed by atoms with Gasteiger partial charge in [0.25, 0.3) is 0 Å². The molecule has 0 saturated carbocycles. The van der Waals surface area contributed by atoms with E-state index in [0.29, 0.717) is 11.6 Å². The molecule has 6 heteroatoms. The highest BCUT2D eigenvalue weighted by atomic mass is 19.2. The van der Waals surface area contributed by atoms with E-state index in [1.807, 2.05) is 6.92 Å². The first-order valence-electron chi connectivity index (χ1n) is 8.07. The third kappa shape index (κ3) is 3.87. The zero-order chi connectivity index (χ0) is 17.1. The molecule has 0 bridgehead atoms. The van der Waals surface area contributed by atoms with E-state index < -0.39 is 11.6 Å². The Balaban J connectivity index is 1.53. The van der Waals surface area contributed by atoms with E-state index in [-0.39, 0.29) is 11.9 Å². The molecule has 2 atom stereocenters. The molecule has 3 nitrogen and oxygen atoms in total. The molecule has 0 radical (unpaired) electrons. The third-order valence-corrected chi connectivity index (χ3v) is 4.49. The zero-order valence-electron chi connectivity index (χ0n) is 13.5. The molecule has 24 heavy (non-hydrogen) atoms. The lowest BCUT2D eigenvalue weighted by Gasteiger charge is -2.20. The molecule has 1 aromatic carbocycles. The average molecular weight is 335 g/mol.